The van der Waals surface area contributed by atoms with Gasteiger partial charge in [-0.05, 0) is 12.1 Å². The number of aldehydes is 2. The number of hydrogen-bond donors (Lipinski definition) is 1. The predicted molar refractivity (Wildman–Crippen MR) is 44.4 cm³/mol. The first-order chi connectivity index (χ1) is 5.69. The standard InChI is InChI=1S/C8H5FO2S/c9-7-2-5(3-10)1-6(4-11)8(7)12/h1-4,12H. The maximum absolute atomic E-state index is 12.8. The summed E-state index contributed by atoms with van der Waals surface area (Å²) in [5, 5.41) is 0. The van der Waals surface area contributed by atoms with Crippen molar-refractivity contribution in [1.29, 1.82) is 0 Å². The van der Waals surface area contributed by atoms with Crippen molar-refractivity contribution in [2.45, 2.75) is 4.90 Å². The summed E-state index contributed by atoms with van der Waals surface area (Å²) in [6.07, 6.45) is 0.932. The Kier molecular flexibility index (Phi) is 2.60. The normalized spacial score (nSPS) is 9.50. The molecule has 0 amide bonds. The van der Waals surface area contributed by atoms with E-state index in [9.17, 15) is 14.0 Å². The minimum absolute atomic E-state index is 0.0319. The largest absolute Gasteiger partial charge is 0.298 e. The Balaban J connectivity index is 3.37. The van der Waals surface area contributed by atoms with E-state index in [1.165, 1.54) is 6.07 Å². The Morgan fingerprint density at radius 1 is 1.25 bits per heavy atom. The molecule has 0 aromatic heterocycles. The minimum atomic E-state index is -0.662. The molecule has 0 aliphatic heterocycles. The molecule has 62 valence electrons. The Hall–Kier alpha value is -1.16. The molecular weight excluding hydrogens is 179 g/mol. The van der Waals surface area contributed by atoms with Crippen LogP contribution in [0.2, 0.25) is 0 Å². The van der Waals surface area contributed by atoms with Crippen molar-refractivity contribution in [1.82, 2.24) is 0 Å². The fraction of sp³-hybridized carbons (Fsp3) is 0. The second kappa shape index (κ2) is 3.49. The molecule has 0 saturated carbocycles. The van der Waals surface area contributed by atoms with Crippen LogP contribution in [0.5, 0.6) is 0 Å². The zero-order valence-corrected chi connectivity index (χ0v) is 6.85. The number of carbonyl (C=O) groups is 2. The average molecular weight is 184 g/mol. The Morgan fingerprint density at radius 2 is 1.92 bits per heavy atom. The topological polar surface area (TPSA) is 34.1 Å². The van der Waals surface area contributed by atoms with Crippen LogP contribution in [-0.4, -0.2) is 12.6 Å². The van der Waals surface area contributed by atoms with Crippen LogP contribution in [-0.2, 0) is 0 Å². The molecule has 0 bridgehead atoms. The lowest BCUT2D eigenvalue weighted by Crippen LogP contribution is -1.91. The van der Waals surface area contributed by atoms with Gasteiger partial charge in [-0.25, -0.2) is 4.39 Å². The van der Waals surface area contributed by atoms with Crippen molar-refractivity contribution in [3.8, 4) is 0 Å². The fourth-order valence-corrected chi connectivity index (χ4v) is 0.982. The average Bonchev–Trinajstić information content (AvgIpc) is 2.09. The molecule has 0 spiro atoms. The van der Waals surface area contributed by atoms with Gasteiger partial charge in [0.15, 0.2) is 6.29 Å². The van der Waals surface area contributed by atoms with Gasteiger partial charge >= 0.3 is 0 Å². The summed E-state index contributed by atoms with van der Waals surface area (Å²) in [5.74, 6) is -0.662. The van der Waals surface area contributed by atoms with Crippen LogP contribution in [0.3, 0.4) is 0 Å². The Bertz CT molecular complexity index is 336. The van der Waals surface area contributed by atoms with Crippen LogP contribution in [0.1, 0.15) is 20.7 Å². The number of benzene rings is 1. The van der Waals surface area contributed by atoms with E-state index in [0.29, 0.717) is 12.6 Å². The molecular formula is C8H5FO2S. The zero-order valence-electron chi connectivity index (χ0n) is 5.95. The molecule has 1 aromatic rings. The van der Waals surface area contributed by atoms with E-state index >= 15 is 0 Å². The van der Waals surface area contributed by atoms with Crippen molar-refractivity contribution in [2.24, 2.45) is 0 Å². The Labute approximate surface area is 73.8 Å². The third-order valence-corrected chi connectivity index (χ3v) is 1.85. The van der Waals surface area contributed by atoms with E-state index in [0.717, 1.165) is 6.07 Å². The first-order valence-corrected chi connectivity index (χ1v) is 3.56. The first kappa shape index (κ1) is 8.93. The van der Waals surface area contributed by atoms with Gasteiger partial charge in [-0.2, -0.15) is 0 Å². The van der Waals surface area contributed by atoms with E-state index in [2.05, 4.69) is 12.6 Å². The Morgan fingerprint density at radius 3 is 2.42 bits per heavy atom. The highest BCUT2D eigenvalue weighted by molar-refractivity contribution is 7.80. The summed E-state index contributed by atoms with van der Waals surface area (Å²) in [4.78, 5) is 20.5. The van der Waals surface area contributed by atoms with Crippen LogP contribution in [0.25, 0.3) is 0 Å². The lowest BCUT2D eigenvalue weighted by molar-refractivity contribution is 0.112. The van der Waals surface area contributed by atoms with Crippen molar-refractivity contribution in [3.63, 3.8) is 0 Å². The molecule has 4 heteroatoms. The van der Waals surface area contributed by atoms with E-state index in [-0.39, 0.29) is 16.0 Å². The third kappa shape index (κ3) is 1.53. The minimum Gasteiger partial charge on any atom is -0.298 e. The van der Waals surface area contributed by atoms with Crippen LogP contribution >= 0.6 is 12.6 Å². The number of thiol groups is 1. The summed E-state index contributed by atoms with van der Waals surface area (Å²) < 4.78 is 12.8. The lowest BCUT2D eigenvalue weighted by atomic mass is 10.1. The number of rotatable bonds is 2. The molecule has 0 N–H and O–H groups in total. The fourth-order valence-electron chi connectivity index (χ4n) is 0.800. The zero-order chi connectivity index (χ0) is 9.14. The van der Waals surface area contributed by atoms with Crippen LogP contribution in [0, 0.1) is 5.82 Å². The number of hydrogen-bond acceptors (Lipinski definition) is 3. The molecule has 1 rings (SSSR count). The smallest absolute Gasteiger partial charge is 0.151 e. The summed E-state index contributed by atoms with van der Waals surface area (Å²) in [7, 11) is 0. The first-order valence-electron chi connectivity index (χ1n) is 3.12. The maximum atomic E-state index is 12.8. The summed E-state index contributed by atoms with van der Waals surface area (Å²) in [6, 6.07) is 2.31. The van der Waals surface area contributed by atoms with Gasteiger partial charge in [0.05, 0.1) is 4.90 Å². The molecule has 12 heavy (non-hydrogen) atoms. The molecule has 0 heterocycles. The summed E-state index contributed by atoms with van der Waals surface area (Å²) >= 11 is 3.76. The molecule has 0 aliphatic carbocycles. The van der Waals surface area contributed by atoms with Crippen LogP contribution < -0.4 is 0 Å². The molecule has 0 saturated heterocycles. The third-order valence-electron chi connectivity index (χ3n) is 1.38. The highest BCUT2D eigenvalue weighted by Crippen LogP contribution is 2.17. The summed E-state index contributed by atoms with van der Waals surface area (Å²) in [5.41, 5.74) is 0.216. The van der Waals surface area contributed by atoms with Gasteiger partial charge in [0, 0.05) is 11.1 Å². The molecule has 2 nitrogen and oxygen atoms in total. The number of carbonyl (C=O) groups excluding carboxylic acids is 2. The van der Waals surface area contributed by atoms with Gasteiger partial charge in [-0.3, -0.25) is 9.59 Å². The highest BCUT2D eigenvalue weighted by atomic mass is 32.1. The lowest BCUT2D eigenvalue weighted by Gasteiger charge is -1.99. The van der Waals surface area contributed by atoms with Gasteiger partial charge in [0.25, 0.3) is 0 Å². The van der Waals surface area contributed by atoms with Crippen molar-refractivity contribution >= 4 is 25.2 Å². The highest BCUT2D eigenvalue weighted by Gasteiger charge is 2.06. The molecule has 0 aliphatic rings. The summed E-state index contributed by atoms with van der Waals surface area (Å²) in [6.45, 7) is 0. The molecule has 0 atom stereocenters. The quantitative estimate of drug-likeness (QED) is 0.561. The number of halogens is 1. The van der Waals surface area contributed by atoms with Gasteiger partial charge in [-0.15, -0.1) is 12.6 Å². The monoisotopic (exact) mass is 184 g/mol. The molecule has 0 radical (unpaired) electrons. The van der Waals surface area contributed by atoms with Crippen molar-refractivity contribution in [3.05, 3.63) is 29.1 Å². The molecule has 0 unspecified atom stereocenters. The van der Waals surface area contributed by atoms with Crippen LogP contribution in [0.4, 0.5) is 4.39 Å². The van der Waals surface area contributed by atoms with Crippen molar-refractivity contribution in [2.75, 3.05) is 0 Å². The van der Waals surface area contributed by atoms with Gasteiger partial charge in [0.2, 0.25) is 0 Å². The molecule has 0 fully saturated rings. The molecule has 1 aromatic carbocycles. The van der Waals surface area contributed by atoms with Gasteiger partial charge in [0.1, 0.15) is 12.1 Å². The van der Waals surface area contributed by atoms with E-state index < -0.39 is 5.82 Å². The van der Waals surface area contributed by atoms with E-state index in [4.69, 9.17) is 0 Å². The predicted octanol–water partition coefficient (Wildman–Crippen LogP) is 1.74. The van der Waals surface area contributed by atoms with Gasteiger partial charge in [-0.1, -0.05) is 0 Å². The maximum Gasteiger partial charge on any atom is 0.151 e. The second-order valence-electron chi connectivity index (χ2n) is 2.18. The van der Waals surface area contributed by atoms with Crippen molar-refractivity contribution < 1.29 is 14.0 Å². The van der Waals surface area contributed by atoms with E-state index in [1.807, 2.05) is 0 Å². The SMILES string of the molecule is O=Cc1cc(F)c(S)c(C=O)c1. The second-order valence-corrected chi connectivity index (χ2v) is 2.62. The van der Waals surface area contributed by atoms with E-state index in [1.54, 1.807) is 0 Å². The van der Waals surface area contributed by atoms with Crippen LogP contribution in [0.15, 0.2) is 17.0 Å². The van der Waals surface area contributed by atoms with Gasteiger partial charge < -0.3 is 0 Å².